The van der Waals surface area contributed by atoms with Gasteiger partial charge in [-0.3, -0.25) is 4.79 Å². The number of hydrogen-bond acceptors (Lipinski definition) is 4. The van der Waals surface area contributed by atoms with Gasteiger partial charge in [0.1, 0.15) is 0 Å². The largest absolute Gasteiger partial charge is 0.493 e. The van der Waals surface area contributed by atoms with Gasteiger partial charge in [-0.25, -0.2) is 0 Å². The molecule has 0 atom stereocenters. The van der Waals surface area contributed by atoms with Gasteiger partial charge in [-0.1, -0.05) is 0 Å². The van der Waals surface area contributed by atoms with Gasteiger partial charge >= 0.3 is 0 Å². The van der Waals surface area contributed by atoms with E-state index in [4.69, 9.17) is 15.2 Å². The van der Waals surface area contributed by atoms with E-state index in [1.165, 1.54) is 12.8 Å². The number of nitrogens with two attached hydrogens (primary N) is 1. The zero-order valence-electron chi connectivity index (χ0n) is 13.0. The first-order valence-electron chi connectivity index (χ1n) is 7.57. The van der Waals surface area contributed by atoms with Crippen molar-refractivity contribution in [1.29, 1.82) is 0 Å². The second kappa shape index (κ2) is 9.54. The van der Waals surface area contributed by atoms with Crippen LogP contribution in [-0.2, 0) is 0 Å². The molecule has 0 aliphatic heterocycles. The van der Waals surface area contributed by atoms with Crippen molar-refractivity contribution in [2.75, 3.05) is 20.2 Å². The Labute approximate surface area is 138 Å². The maximum atomic E-state index is 12.0. The molecule has 0 radical (unpaired) electrons. The van der Waals surface area contributed by atoms with Crippen molar-refractivity contribution < 1.29 is 14.3 Å². The number of ether oxygens (including phenoxy) is 2. The van der Waals surface area contributed by atoms with Gasteiger partial charge in [-0.2, -0.15) is 0 Å². The Balaban J connectivity index is 0.00000242. The summed E-state index contributed by atoms with van der Waals surface area (Å²) in [6, 6.07) is 5.31. The molecular weight excluding hydrogens is 304 g/mol. The van der Waals surface area contributed by atoms with Crippen LogP contribution in [0.2, 0.25) is 0 Å². The van der Waals surface area contributed by atoms with Crippen molar-refractivity contribution in [3.8, 4) is 11.5 Å². The SMILES string of the molecule is COc1cc(C(=O)NCCCN)ccc1OC1CCCC1.Cl. The fourth-order valence-corrected chi connectivity index (χ4v) is 2.50. The average molecular weight is 329 g/mol. The van der Waals surface area contributed by atoms with Gasteiger partial charge < -0.3 is 20.5 Å². The van der Waals surface area contributed by atoms with Crippen LogP contribution in [0.5, 0.6) is 11.5 Å². The lowest BCUT2D eigenvalue weighted by molar-refractivity contribution is 0.0953. The summed E-state index contributed by atoms with van der Waals surface area (Å²) < 4.78 is 11.3. The Morgan fingerprint density at radius 1 is 1.32 bits per heavy atom. The van der Waals surface area contributed by atoms with E-state index in [0.29, 0.717) is 30.2 Å². The van der Waals surface area contributed by atoms with Crippen LogP contribution >= 0.6 is 12.4 Å². The van der Waals surface area contributed by atoms with Gasteiger partial charge in [-0.05, 0) is 56.8 Å². The first kappa shape index (κ1) is 18.6. The molecule has 22 heavy (non-hydrogen) atoms. The third-order valence-corrected chi connectivity index (χ3v) is 3.69. The van der Waals surface area contributed by atoms with Gasteiger partial charge in [0.2, 0.25) is 0 Å². The minimum Gasteiger partial charge on any atom is -0.493 e. The summed E-state index contributed by atoms with van der Waals surface area (Å²) in [6.07, 6.45) is 5.65. The van der Waals surface area contributed by atoms with E-state index in [1.807, 2.05) is 6.07 Å². The minimum atomic E-state index is -0.117. The summed E-state index contributed by atoms with van der Waals surface area (Å²) in [5.74, 6) is 1.20. The van der Waals surface area contributed by atoms with E-state index in [2.05, 4.69) is 5.32 Å². The molecule has 0 heterocycles. The molecule has 3 N–H and O–H groups in total. The number of rotatable bonds is 7. The molecule has 1 aliphatic carbocycles. The summed E-state index contributed by atoms with van der Waals surface area (Å²) in [7, 11) is 1.59. The molecule has 124 valence electrons. The molecule has 1 aliphatic rings. The second-order valence-electron chi connectivity index (χ2n) is 5.29. The highest BCUT2D eigenvalue weighted by Crippen LogP contribution is 2.32. The second-order valence-corrected chi connectivity index (χ2v) is 5.29. The highest BCUT2D eigenvalue weighted by atomic mass is 35.5. The Morgan fingerprint density at radius 2 is 2.05 bits per heavy atom. The van der Waals surface area contributed by atoms with Crippen molar-refractivity contribution in [3.63, 3.8) is 0 Å². The maximum absolute atomic E-state index is 12.0. The zero-order chi connectivity index (χ0) is 15.1. The Kier molecular flexibility index (Phi) is 8.06. The van der Waals surface area contributed by atoms with Gasteiger partial charge in [-0.15, -0.1) is 12.4 Å². The van der Waals surface area contributed by atoms with Gasteiger partial charge in [0, 0.05) is 12.1 Å². The standard InChI is InChI=1S/C16H24N2O3.ClH/c1-20-15-11-12(16(19)18-10-4-9-17)7-8-14(15)21-13-5-2-3-6-13;/h7-8,11,13H,2-6,9-10,17H2,1H3,(H,18,19);1H. The summed E-state index contributed by atoms with van der Waals surface area (Å²) >= 11 is 0. The van der Waals surface area contributed by atoms with Gasteiger partial charge in [0.15, 0.2) is 11.5 Å². The van der Waals surface area contributed by atoms with E-state index in [1.54, 1.807) is 19.2 Å². The maximum Gasteiger partial charge on any atom is 0.251 e. The number of amides is 1. The molecular formula is C16H25ClN2O3. The lowest BCUT2D eigenvalue weighted by Gasteiger charge is -2.16. The van der Waals surface area contributed by atoms with Crippen molar-refractivity contribution in [1.82, 2.24) is 5.32 Å². The molecule has 5 nitrogen and oxygen atoms in total. The van der Waals surface area contributed by atoms with E-state index >= 15 is 0 Å². The first-order valence-corrected chi connectivity index (χ1v) is 7.57. The molecule has 1 amide bonds. The Morgan fingerprint density at radius 3 is 2.68 bits per heavy atom. The molecule has 2 rings (SSSR count). The number of methoxy groups -OCH3 is 1. The predicted molar refractivity (Wildman–Crippen MR) is 89.1 cm³/mol. The predicted octanol–water partition coefficient (Wildman–Crippen LogP) is 2.52. The highest BCUT2D eigenvalue weighted by Gasteiger charge is 2.19. The summed E-state index contributed by atoms with van der Waals surface area (Å²) in [6.45, 7) is 1.15. The van der Waals surface area contributed by atoms with Crippen molar-refractivity contribution in [2.45, 2.75) is 38.2 Å². The van der Waals surface area contributed by atoms with Crippen LogP contribution in [0.4, 0.5) is 0 Å². The van der Waals surface area contributed by atoms with E-state index < -0.39 is 0 Å². The number of carbonyl (C=O) groups is 1. The van der Waals surface area contributed by atoms with Crippen molar-refractivity contribution in [2.24, 2.45) is 5.73 Å². The van der Waals surface area contributed by atoms with Gasteiger partial charge in [0.05, 0.1) is 13.2 Å². The number of nitrogens with one attached hydrogen (secondary N) is 1. The number of halogens is 1. The fraction of sp³-hybridized carbons (Fsp3) is 0.562. The molecule has 1 saturated carbocycles. The smallest absolute Gasteiger partial charge is 0.251 e. The Hall–Kier alpha value is -1.46. The highest BCUT2D eigenvalue weighted by molar-refractivity contribution is 5.94. The molecule has 1 fully saturated rings. The molecule has 0 aromatic heterocycles. The van der Waals surface area contributed by atoms with E-state index in [9.17, 15) is 4.79 Å². The lowest BCUT2D eigenvalue weighted by Crippen LogP contribution is -2.26. The molecule has 0 saturated heterocycles. The first-order chi connectivity index (χ1) is 10.2. The van der Waals surface area contributed by atoms with Crippen LogP contribution in [0.3, 0.4) is 0 Å². The van der Waals surface area contributed by atoms with Crippen LogP contribution in [0.1, 0.15) is 42.5 Å². The van der Waals surface area contributed by atoms with Gasteiger partial charge in [0.25, 0.3) is 5.91 Å². The monoisotopic (exact) mass is 328 g/mol. The number of hydrogen-bond donors (Lipinski definition) is 2. The van der Waals surface area contributed by atoms with Crippen LogP contribution in [0.15, 0.2) is 18.2 Å². The molecule has 0 spiro atoms. The topological polar surface area (TPSA) is 73.6 Å². The van der Waals surface area contributed by atoms with Crippen molar-refractivity contribution >= 4 is 18.3 Å². The molecule has 1 aromatic rings. The lowest BCUT2D eigenvalue weighted by atomic mass is 10.2. The minimum absolute atomic E-state index is 0. The molecule has 6 heteroatoms. The summed E-state index contributed by atoms with van der Waals surface area (Å²) in [5.41, 5.74) is 5.98. The van der Waals surface area contributed by atoms with Crippen LogP contribution < -0.4 is 20.5 Å². The molecule has 0 unspecified atom stereocenters. The number of benzene rings is 1. The van der Waals surface area contributed by atoms with Crippen LogP contribution in [-0.4, -0.2) is 32.2 Å². The third-order valence-electron chi connectivity index (χ3n) is 3.69. The normalized spacial score (nSPS) is 14.3. The van der Waals surface area contributed by atoms with E-state index in [-0.39, 0.29) is 24.4 Å². The Bertz CT molecular complexity index is 476. The van der Waals surface area contributed by atoms with E-state index in [0.717, 1.165) is 19.3 Å². The summed E-state index contributed by atoms with van der Waals surface area (Å²) in [4.78, 5) is 12.0. The van der Waals surface area contributed by atoms with Crippen LogP contribution in [0, 0.1) is 0 Å². The summed E-state index contributed by atoms with van der Waals surface area (Å²) in [5, 5.41) is 2.83. The van der Waals surface area contributed by atoms with Crippen LogP contribution in [0.25, 0.3) is 0 Å². The number of carbonyl (C=O) groups excluding carboxylic acids is 1. The average Bonchev–Trinajstić information content (AvgIpc) is 3.00. The zero-order valence-corrected chi connectivity index (χ0v) is 13.8. The third kappa shape index (κ3) is 5.07. The quantitative estimate of drug-likeness (QED) is 0.754. The molecule has 1 aromatic carbocycles. The van der Waals surface area contributed by atoms with Crippen molar-refractivity contribution in [3.05, 3.63) is 23.8 Å². The molecule has 0 bridgehead atoms. The fourth-order valence-electron chi connectivity index (χ4n) is 2.50.